The molecule has 3 atom stereocenters. The Morgan fingerprint density at radius 1 is 1.26 bits per heavy atom. The van der Waals surface area contributed by atoms with Crippen molar-refractivity contribution in [2.75, 3.05) is 39.5 Å². The summed E-state index contributed by atoms with van der Waals surface area (Å²) in [5.41, 5.74) is 0. The van der Waals surface area contributed by atoms with Gasteiger partial charge in [0.15, 0.2) is 0 Å². The summed E-state index contributed by atoms with van der Waals surface area (Å²) in [7, 11) is 0. The Bertz CT molecular complexity index is 280. The highest BCUT2D eigenvalue weighted by Crippen LogP contribution is 2.16. The van der Waals surface area contributed by atoms with Crippen LogP contribution < -0.4 is 10.6 Å². The molecule has 2 aliphatic heterocycles. The summed E-state index contributed by atoms with van der Waals surface area (Å²) in [6, 6.07) is 0.169. The first-order chi connectivity index (χ1) is 9.31. The number of carbonyl (C=O) groups excluding carboxylic acids is 1. The van der Waals surface area contributed by atoms with Crippen LogP contribution >= 0.6 is 0 Å². The predicted molar refractivity (Wildman–Crippen MR) is 72.9 cm³/mol. The Morgan fingerprint density at radius 2 is 2.16 bits per heavy atom. The second-order valence-corrected chi connectivity index (χ2v) is 5.53. The molecule has 2 fully saturated rings. The molecular weight excluding hydrogens is 244 g/mol. The highest BCUT2D eigenvalue weighted by atomic mass is 16.5. The molecule has 3 unspecified atom stereocenters. The number of hydrogen-bond donors (Lipinski definition) is 2. The summed E-state index contributed by atoms with van der Waals surface area (Å²) in [4.78, 5) is 12.2. The molecule has 2 rings (SSSR count). The van der Waals surface area contributed by atoms with E-state index in [2.05, 4.69) is 17.6 Å². The lowest BCUT2D eigenvalue weighted by Crippen LogP contribution is -2.45. The molecule has 5 nitrogen and oxygen atoms in total. The molecule has 0 radical (unpaired) electrons. The van der Waals surface area contributed by atoms with E-state index in [0.717, 1.165) is 45.6 Å². The zero-order valence-corrected chi connectivity index (χ0v) is 11.8. The van der Waals surface area contributed by atoms with Gasteiger partial charge in [0, 0.05) is 19.2 Å². The van der Waals surface area contributed by atoms with Crippen molar-refractivity contribution in [3.05, 3.63) is 0 Å². The van der Waals surface area contributed by atoms with E-state index in [1.54, 1.807) is 0 Å². The molecule has 0 aromatic carbocycles. The van der Waals surface area contributed by atoms with Crippen LogP contribution in [-0.4, -0.2) is 51.5 Å². The maximum atomic E-state index is 12.2. The van der Waals surface area contributed by atoms with E-state index in [1.807, 2.05) is 0 Å². The highest BCUT2D eigenvalue weighted by molar-refractivity contribution is 5.79. The van der Waals surface area contributed by atoms with Crippen molar-refractivity contribution in [1.29, 1.82) is 0 Å². The number of rotatable bonds is 6. The van der Waals surface area contributed by atoms with Gasteiger partial charge in [-0.2, -0.15) is 0 Å². The third kappa shape index (κ3) is 4.44. The van der Waals surface area contributed by atoms with Crippen molar-refractivity contribution in [1.82, 2.24) is 10.6 Å². The largest absolute Gasteiger partial charge is 0.381 e. The monoisotopic (exact) mass is 270 g/mol. The van der Waals surface area contributed by atoms with Crippen LogP contribution in [0, 0.1) is 11.8 Å². The van der Waals surface area contributed by atoms with Gasteiger partial charge < -0.3 is 20.1 Å². The first kappa shape index (κ1) is 14.8. The van der Waals surface area contributed by atoms with Crippen LogP contribution in [0.2, 0.25) is 0 Å². The van der Waals surface area contributed by atoms with Gasteiger partial charge in [0.2, 0.25) is 5.91 Å². The summed E-state index contributed by atoms with van der Waals surface area (Å²) in [6.45, 7) is 6.62. The summed E-state index contributed by atoms with van der Waals surface area (Å²) in [5.74, 6) is 0.551. The van der Waals surface area contributed by atoms with Crippen molar-refractivity contribution in [2.45, 2.75) is 32.2 Å². The van der Waals surface area contributed by atoms with E-state index in [9.17, 15) is 4.79 Å². The SMILES string of the molecule is CCCNC1COCC1C(=O)NCC1CCCOC1. The maximum absolute atomic E-state index is 12.2. The third-order valence-electron chi connectivity index (χ3n) is 3.89. The first-order valence-electron chi connectivity index (χ1n) is 7.47. The fourth-order valence-electron chi connectivity index (χ4n) is 2.69. The van der Waals surface area contributed by atoms with Gasteiger partial charge in [-0.05, 0) is 31.7 Å². The van der Waals surface area contributed by atoms with Crippen LogP contribution in [0.15, 0.2) is 0 Å². The normalized spacial score (nSPS) is 31.3. The third-order valence-corrected chi connectivity index (χ3v) is 3.89. The lowest BCUT2D eigenvalue weighted by atomic mass is 10.00. The summed E-state index contributed by atoms with van der Waals surface area (Å²) < 4.78 is 10.9. The van der Waals surface area contributed by atoms with Crippen molar-refractivity contribution in [3.63, 3.8) is 0 Å². The zero-order valence-electron chi connectivity index (χ0n) is 11.8. The fourth-order valence-corrected chi connectivity index (χ4v) is 2.69. The second kappa shape index (κ2) is 7.82. The van der Waals surface area contributed by atoms with E-state index >= 15 is 0 Å². The molecule has 0 aromatic rings. The zero-order chi connectivity index (χ0) is 13.5. The Morgan fingerprint density at radius 3 is 2.89 bits per heavy atom. The quantitative estimate of drug-likeness (QED) is 0.740. The highest BCUT2D eigenvalue weighted by Gasteiger charge is 2.33. The van der Waals surface area contributed by atoms with Gasteiger partial charge >= 0.3 is 0 Å². The van der Waals surface area contributed by atoms with Gasteiger partial charge in [0.25, 0.3) is 0 Å². The average molecular weight is 270 g/mol. The molecule has 0 aromatic heterocycles. The lowest BCUT2D eigenvalue weighted by Gasteiger charge is -2.24. The van der Waals surface area contributed by atoms with Gasteiger partial charge in [-0.3, -0.25) is 4.79 Å². The number of carbonyl (C=O) groups is 1. The van der Waals surface area contributed by atoms with Crippen LogP contribution in [0.5, 0.6) is 0 Å². The van der Waals surface area contributed by atoms with Crippen LogP contribution in [0.25, 0.3) is 0 Å². The number of amides is 1. The van der Waals surface area contributed by atoms with Crippen molar-refractivity contribution in [2.24, 2.45) is 11.8 Å². The smallest absolute Gasteiger partial charge is 0.227 e. The molecule has 5 heteroatoms. The number of nitrogens with one attached hydrogen (secondary N) is 2. The van der Waals surface area contributed by atoms with Gasteiger partial charge in [-0.25, -0.2) is 0 Å². The average Bonchev–Trinajstić information content (AvgIpc) is 2.92. The summed E-state index contributed by atoms with van der Waals surface area (Å²) in [5, 5.41) is 6.45. The Balaban J connectivity index is 1.71. The topological polar surface area (TPSA) is 59.6 Å². The molecule has 2 aliphatic rings. The fraction of sp³-hybridized carbons (Fsp3) is 0.929. The minimum atomic E-state index is -0.0453. The van der Waals surface area contributed by atoms with Crippen molar-refractivity contribution < 1.29 is 14.3 Å². The molecule has 0 saturated carbocycles. The van der Waals surface area contributed by atoms with Gasteiger partial charge in [-0.15, -0.1) is 0 Å². The Kier molecular flexibility index (Phi) is 6.07. The second-order valence-electron chi connectivity index (χ2n) is 5.53. The van der Waals surface area contributed by atoms with Crippen LogP contribution in [-0.2, 0) is 14.3 Å². The molecule has 1 amide bonds. The van der Waals surface area contributed by atoms with Gasteiger partial charge in [0.1, 0.15) is 0 Å². The standard InChI is InChI=1S/C14H26N2O3/c1-2-5-15-13-10-19-9-12(13)14(17)16-7-11-4-3-6-18-8-11/h11-13,15H,2-10H2,1H3,(H,16,17). The van der Waals surface area contributed by atoms with E-state index in [0.29, 0.717) is 19.1 Å². The molecule has 2 heterocycles. The molecule has 2 saturated heterocycles. The summed E-state index contributed by atoms with van der Waals surface area (Å²) in [6.07, 6.45) is 3.33. The lowest BCUT2D eigenvalue weighted by molar-refractivity contribution is -0.125. The van der Waals surface area contributed by atoms with E-state index in [1.165, 1.54) is 0 Å². The Labute approximate surface area is 115 Å². The summed E-state index contributed by atoms with van der Waals surface area (Å²) >= 11 is 0. The first-order valence-corrected chi connectivity index (χ1v) is 7.47. The van der Waals surface area contributed by atoms with Crippen LogP contribution in [0.3, 0.4) is 0 Å². The van der Waals surface area contributed by atoms with Crippen molar-refractivity contribution in [3.8, 4) is 0 Å². The van der Waals surface area contributed by atoms with E-state index < -0.39 is 0 Å². The number of ether oxygens (including phenoxy) is 2. The van der Waals surface area contributed by atoms with E-state index in [4.69, 9.17) is 9.47 Å². The minimum Gasteiger partial charge on any atom is -0.381 e. The molecule has 0 spiro atoms. The van der Waals surface area contributed by atoms with Gasteiger partial charge in [0.05, 0.1) is 25.7 Å². The molecule has 19 heavy (non-hydrogen) atoms. The molecule has 2 N–H and O–H groups in total. The Hall–Kier alpha value is -0.650. The van der Waals surface area contributed by atoms with Crippen LogP contribution in [0.4, 0.5) is 0 Å². The van der Waals surface area contributed by atoms with Crippen molar-refractivity contribution >= 4 is 5.91 Å². The number of hydrogen-bond acceptors (Lipinski definition) is 4. The molecular formula is C14H26N2O3. The maximum Gasteiger partial charge on any atom is 0.227 e. The minimum absolute atomic E-state index is 0.0453. The molecule has 110 valence electrons. The molecule has 0 aliphatic carbocycles. The molecule has 0 bridgehead atoms. The predicted octanol–water partition coefficient (Wildman–Crippen LogP) is 0.544. The van der Waals surface area contributed by atoms with Gasteiger partial charge in [-0.1, -0.05) is 6.92 Å². The van der Waals surface area contributed by atoms with E-state index in [-0.39, 0.29) is 17.9 Å². The van der Waals surface area contributed by atoms with Crippen LogP contribution in [0.1, 0.15) is 26.2 Å².